The molecule has 1 aliphatic heterocycles. The summed E-state index contributed by atoms with van der Waals surface area (Å²) < 4.78 is 5.80. The zero-order valence-corrected chi connectivity index (χ0v) is 15.0. The van der Waals surface area contributed by atoms with Gasteiger partial charge in [0.05, 0.1) is 25.4 Å². The van der Waals surface area contributed by atoms with E-state index in [1.165, 1.54) is 5.56 Å². The molecule has 2 atom stereocenters. The normalized spacial score (nSPS) is 24.5. The van der Waals surface area contributed by atoms with Crippen molar-refractivity contribution in [3.63, 3.8) is 0 Å². The Balaban J connectivity index is 1.70. The largest absolute Gasteiger partial charge is 0.394 e. The summed E-state index contributed by atoms with van der Waals surface area (Å²) in [7, 11) is 0. The van der Waals surface area contributed by atoms with Gasteiger partial charge in [-0.2, -0.15) is 0 Å². The molecule has 2 aromatic rings. The Morgan fingerprint density at radius 2 is 2.20 bits per heavy atom. The molecule has 0 aliphatic carbocycles. The van der Waals surface area contributed by atoms with Crippen LogP contribution in [0.4, 0.5) is 0 Å². The third-order valence-electron chi connectivity index (χ3n) is 4.89. The predicted molar refractivity (Wildman–Crippen MR) is 97.1 cm³/mol. The summed E-state index contributed by atoms with van der Waals surface area (Å²) in [6, 6.07) is 10.6. The third-order valence-corrected chi connectivity index (χ3v) is 4.89. The van der Waals surface area contributed by atoms with Crippen molar-refractivity contribution in [1.29, 1.82) is 0 Å². The maximum atomic E-state index is 10.2. The molecule has 3 N–H and O–H groups in total. The minimum absolute atomic E-state index is 0.0547. The molecule has 6 heteroatoms. The van der Waals surface area contributed by atoms with Crippen LogP contribution in [0.1, 0.15) is 24.0 Å². The van der Waals surface area contributed by atoms with Gasteiger partial charge in [0.15, 0.2) is 0 Å². The van der Waals surface area contributed by atoms with Crippen LogP contribution in [-0.2, 0) is 17.8 Å². The standard InChI is InChI=1S/C19H28N4O2/c1-15-11-25-14-19(13-24,12-20-8-18-9-21-16(2)22-18)23(15)10-17-6-4-3-5-7-17/h3-7,9,15,20,24H,8,10-14H2,1-2H3,(H,21,22)/t15-,19+/m1/s1. The van der Waals surface area contributed by atoms with Crippen molar-refractivity contribution >= 4 is 0 Å². The van der Waals surface area contributed by atoms with Crippen molar-refractivity contribution in [1.82, 2.24) is 20.2 Å². The van der Waals surface area contributed by atoms with Crippen molar-refractivity contribution < 1.29 is 9.84 Å². The van der Waals surface area contributed by atoms with Crippen LogP contribution < -0.4 is 5.32 Å². The smallest absolute Gasteiger partial charge is 0.103 e. The van der Waals surface area contributed by atoms with Crippen molar-refractivity contribution in [2.24, 2.45) is 0 Å². The summed E-state index contributed by atoms with van der Waals surface area (Å²) in [6.45, 7) is 7.51. The van der Waals surface area contributed by atoms with Crippen molar-refractivity contribution in [3.05, 3.63) is 53.6 Å². The highest BCUT2D eigenvalue weighted by Gasteiger charge is 2.42. The fourth-order valence-electron chi connectivity index (χ4n) is 3.50. The van der Waals surface area contributed by atoms with Gasteiger partial charge in [-0.15, -0.1) is 0 Å². The first-order valence-electron chi connectivity index (χ1n) is 8.83. The van der Waals surface area contributed by atoms with E-state index in [4.69, 9.17) is 4.74 Å². The first-order valence-corrected chi connectivity index (χ1v) is 8.83. The molecule has 136 valence electrons. The van der Waals surface area contributed by atoms with Crippen molar-refractivity contribution in [2.75, 3.05) is 26.4 Å². The number of rotatable bonds is 7. The third kappa shape index (κ3) is 4.27. The first-order chi connectivity index (χ1) is 12.1. The Hall–Kier alpha value is -1.73. The molecule has 1 aliphatic rings. The van der Waals surface area contributed by atoms with Gasteiger partial charge in [0.25, 0.3) is 0 Å². The second-order valence-corrected chi connectivity index (χ2v) is 6.96. The number of morpholine rings is 1. The van der Waals surface area contributed by atoms with Crippen molar-refractivity contribution in [3.8, 4) is 0 Å². The molecule has 0 radical (unpaired) electrons. The minimum Gasteiger partial charge on any atom is -0.394 e. The van der Waals surface area contributed by atoms with E-state index in [0.29, 0.717) is 26.3 Å². The predicted octanol–water partition coefficient (Wildman–Crippen LogP) is 1.46. The van der Waals surface area contributed by atoms with Gasteiger partial charge in [-0.05, 0) is 19.4 Å². The number of aryl methyl sites for hydroxylation is 1. The fraction of sp³-hybridized carbons (Fsp3) is 0.526. The van der Waals surface area contributed by atoms with Crippen molar-refractivity contribution in [2.45, 2.75) is 38.5 Å². The van der Waals surface area contributed by atoms with Gasteiger partial charge < -0.3 is 20.1 Å². The van der Waals surface area contributed by atoms with Crippen LogP contribution in [-0.4, -0.2) is 57.9 Å². The Morgan fingerprint density at radius 3 is 2.88 bits per heavy atom. The molecule has 1 saturated heterocycles. The molecule has 6 nitrogen and oxygen atoms in total. The molecule has 0 amide bonds. The average molecular weight is 344 g/mol. The van der Waals surface area contributed by atoms with E-state index >= 15 is 0 Å². The molecule has 0 unspecified atom stereocenters. The lowest BCUT2D eigenvalue weighted by Gasteiger charge is -2.49. The molecular weight excluding hydrogens is 316 g/mol. The number of hydrogen-bond acceptors (Lipinski definition) is 5. The summed E-state index contributed by atoms with van der Waals surface area (Å²) in [5.74, 6) is 0.911. The summed E-state index contributed by atoms with van der Waals surface area (Å²) >= 11 is 0. The van der Waals surface area contributed by atoms with Crippen LogP contribution in [0.5, 0.6) is 0 Å². The highest BCUT2D eigenvalue weighted by molar-refractivity contribution is 5.16. The molecule has 1 fully saturated rings. The number of benzene rings is 1. The lowest BCUT2D eigenvalue weighted by atomic mass is 9.94. The van der Waals surface area contributed by atoms with Gasteiger partial charge in [-0.1, -0.05) is 30.3 Å². The zero-order valence-electron chi connectivity index (χ0n) is 15.0. The summed E-state index contributed by atoms with van der Waals surface area (Å²) in [6.07, 6.45) is 1.84. The van der Waals surface area contributed by atoms with E-state index in [1.54, 1.807) is 0 Å². The fourth-order valence-corrected chi connectivity index (χ4v) is 3.50. The molecule has 1 aromatic heterocycles. The number of ether oxygens (including phenoxy) is 1. The van der Waals surface area contributed by atoms with Crippen LogP contribution in [0, 0.1) is 6.92 Å². The van der Waals surface area contributed by atoms with E-state index in [1.807, 2.05) is 19.2 Å². The number of nitrogens with one attached hydrogen (secondary N) is 2. The van der Waals surface area contributed by atoms with Gasteiger partial charge in [0.1, 0.15) is 5.82 Å². The second-order valence-electron chi connectivity index (χ2n) is 6.96. The van der Waals surface area contributed by atoms with Gasteiger partial charge in [-0.25, -0.2) is 4.98 Å². The SMILES string of the molecule is Cc1ncc(CNC[C@]2(CO)COC[C@@H](C)N2Cc2ccccc2)[nH]1. The van der Waals surface area contributed by atoms with E-state index in [9.17, 15) is 5.11 Å². The van der Waals surface area contributed by atoms with Gasteiger partial charge in [-0.3, -0.25) is 4.90 Å². The number of nitrogens with zero attached hydrogens (tertiary/aromatic N) is 2. The average Bonchev–Trinajstić information content (AvgIpc) is 3.04. The molecule has 3 rings (SSSR count). The molecule has 0 spiro atoms. The van der Waals surface area contributed by atoms with E-state index < -0.39 is 5.54 Å². The number of aromatic amines is 1. The summed E-state index contributed by atoms with van der Waals surface area (Å²) in [5.41, 5.74) is 1.87. The Kier molecular flexibility index (Phi) is 5.86. The summed E-state index contributed by atoms with van der Waals surface area (Å²) in [5, 5.41) is 13.7. The van der Waals surface area contributed by atoms with Crippen LogP contribution >= 0.6 is 0 Å². The lowest BCUT2D eigenvalue weighted by molar-refractivity contribution is -0.122. The highest BCUT2D eigenvalue weighted by Crippen LogP contribution is 2.26. The minimum atomic E-state index is -0.428. The highest BCUT2D eigenvalue weighted by atomic mass is 16.5. The number of H-pyrrole nitrogens is 1. The molecular formula is C19H28N4O2. The molecule has 0 bridgehead atoms. The maximum Gasteiger partial charge on any atom is 0.103 e. The number of hydrogen-bond donors (Lipinski definition) is 3. The molecule has 25 heavy (non-hydrogen) atoms. The van der Waals surface area contributed by atoms with E-state index in [0.717, 1.165) is 18.1 Å². The Morgan fingerprint density at radius 1 is 1.40 bits per heavy atom. The lowest BCUT2D eigenvalue weighted by Crippen LogP contribution is -2.66. The van der Waals surface area contributed by atoms with Gasteiger partial charge in [0, 0.05) is 37.6 Å². The quantitative estimate of drug-likeness (QED) is 0.709. The second kappa shape index (κ2) is 8.10. The molecule has 1 aromatic carbocycles. The monoisotopic (exact) mass is 344 g/mol. The molecule has 0 saturated carbocycles. The van der Waals surface area contributed by atoms with Crippen LogP contribution in [0.25, 0.3) is 0 Å². The van der Waals surface area contributed by atoms with Gasteiger partial charge in [0.2, 0.25) is 0 Å². The summed E-state index contributed by atoms with van der Waals surface area (Å²) in [4.78, 5) is 9.82. The number of imidazole rings is 1. The van der Waals surface area contributed by atoms with Gasteiger partial charge >= 0.3 is 0 Å². The Labute approximate surface area is 149 Å². The zero-order chi connectivity index (χ0) is 17.7. The number of aromatic nitrogens is 2. The topological polar surface area (TPSA) is 73.4 Å². The van der Waals surface area contributed by atoms with Crippen LogP contribution in [0.15, 0.2) is 36.5 Å². The maximum absolute atomic E-state index is 10.2. The Bertz CT molecular complexity index is 660. The number of aliphatic hydroxyl groups excluding tert-OH is 1. The molecule has 2 heterocycles. The first kappa shape index (κ1) is 18.1. The van der Waals surface area contributed by atoms with E-state index in [-0.39, 0.29) is 12.6 Å². The number of aliphatic hydroxyl groups is 1. The van der Waals surface area contributed by atoms with Crippen LogP contribution in [0.3, 0.4) is 0 Å². The van der Waals surface area contributed by atoms with Crippen LogP contribution in [0.2, 0.25) is 0 Å². The van der Waals surface area contributed by atoms with E-state index in [2.05, 4.69) is 51.4 Å².